The van der Waals surface area contributed by atoms with Crippen LogP contribution in [0.15, 0.2) is 35.0 Å². The lowest BCUT2D eigenvalue weighted by molar-refractivity contribution is -0.111. The lowest BCUT2D eigenvalue weighted by Gasteiger charge is -2.21. The fraction of sp³-hybridized carbons (Fsp3) is 0.304. The molecular weight excluding hydrogens is 456 g/mol. The maximum atomic E-state index is 12.4. The van der Waals surface area contributed by atoms with Gasteiger partial charge in [0, 0.05) is 30.3 Å². The molecule has 1 atom stereocenters. The van der Waals surface area contributed by atoms with Gasteiger partial charge in [0.05, 0.1) is 18.7 Å². The number of ether oxygens (including phenoxy) is 1. The second kappa shape index (κ2) is 10.7. The number of hydrogen-bond acceptors (Lipinski definition) is 9. The van der Waals surface area contributed by atoms with Crippen LogP contribution in [0.4, 0.5) is 9.80 Å². The standard InChI is InChI=1S/C23H22N6O4S/c1-14-28-29-21(33-14)12-26-23(31)32-13-16-4-6-17-18(10-24)22(34-19(17)9-16)27-20(30)7-5-15-3-2-8-25-11-15/h2-3,5,7-8,11,16H,4,6,9,12-13H2,1H3,(H,26,31)(H,27,30)/b7-5+. The van der Waals surface area contributed by atoms with Crippen molar-refractivity contribution in [1.82, 2.24) is 20.5 Å². The Morgan fingerprint density at radius 1 is 1.41 bits per heavy atom. The molecule has 2 N–H and O–H groups in total. The van der Waals surface area contributed by atoms with E-state index in [-0.39, 0.29) is 25.0 Å². The zero-order valence-corrected chi connectivity index (χ0v) is 19.2. The molecule has 174 valence electrons. The summed E-state index contributed by atoms with van der Waals surface area (Å²) >= 11 is 1.40. The van der Waals surface area contributed by atoms with Crippen molar-refractivity contribution in [2.24, 2.45) is 5.92 Å². The van der Waals surface area contributed by atoms with E-state index in [0.717, 1.165) is 22.4 Å². The first kappa shape index (κ1) is 23.1. The van der Waals surface area contributed by atoms with Gasteiger partial charge in [-0.15, -0.1) is 21.5 Å². The summed E-state index contributed by atoms with van der Waals surface area (Å²) in [5.41, 5.74) is 2.28. The minimum absolute atomic E-state index is 0.100. The molecule has 11 heteroatoms. The first-order chi connectivity index (χ1) is 16.5. The Bertz CT molecular complexity index is 1240. The minimum Gasteiger partial charge on any atom is -0.449 e. The third-order valence-electron chi connectivity index (χ3n) is 5.23. The second-order valence-electron chi connectivity index (χ2n) is 7.70. The van der Waals surface area contributed by atoms with Crippen molar-refractivity contribution in [3.8, 4) is 6.07 Å². The number of nitrogens with one attached hydrogen (secondary N) is 2. The molecule has 0 aromatic carbocycles. The Morgan fingerprint density at radius 2 is 2.29 bits per heavy atom. The SMILES string of the molecule is Cc1nnc(CNC(=O)OCC2CCc3c(sc(NC(=O)/C=C/c4cccnc4)c3C#N)C2)o1. The van der Waals surface area contributed by atoms with Crippen LogP contribution in [0, 0.1) is 24.2 Å². The van der Waals surface area contributed by atoms with Crippen molar-refractivity contribution in [3.05, 3.63) is 64.0 Å². The van der Waals surface area contributed by atoms with Crippen LogP contribution in [0.25, 0.3) is 6.08 Å². The molecule has 0 fully saturated rings. The average molecular weight is 479 g/mol. The van der Waals surface area contributed by atoms with Gasteiger partial charge in [0.15, 0.2) is 0 Å². The summed E-state index contributed by atoms with van der Waals surface area (Å²) in [6, 6.07) is 5.86. The predicted molar refractivity (Wildman–Crippen MR) is 124 cm³/mol. The van der Waals surface area contributed by atoms with Gasteiger partial charge < -0.3 is 19.8 Å². The number of thiophene rings is 1. The second-order valence-corrected chi connectivity index (χ2v) is 8.81. The third-order valence-corrected chi connectivity index (χ3v) is 6.40. The quantitative estimate of drug-likeness (QED) is 0.492. The molecule has 0 bridgehead atoms. The molecule has 0 saturated heterocycles. The van der Waals surface area contributed by atoms with Crippen LogP contribution >= 0.6 is 11.3 Å². The molecule has 3 aromatic rings. The lowest BCUT2D eigenvalue weighted by atomic mass is 9.88. The highest BCUT2D eigenvalue weighted by Gasteiger charge is 2.27. The van der Waals surface area contributed by atoms with Crippen LogP contribution in [0.3, 0.4) is 0 Å². The molecule has 0 radical (unpaired) electrons. The minimum atomic E-state index is -0.557. The summed E-state index contributed by atoms with van der Waals surface area (Å²) in [4.78, 5) is 29.4. The van der Waals surface area contributed by atoms with Crippen molar-refractivity contribution < 1.29 is 18.7 Å². The zero-order valence-electron chi connectivity index (χ0n) is 18.4. The normalized spacial score (nSPS) is 14.9. The van der Waals surface area contributed by atoms with Gasteiger partial charge in [-0.25, -0.2) is 4.79 Å². The van der Waals surface area contributed by atoms with E-state index in [4.69, 9.17) is 9.15 Å². The van der Waals surface area contributed by atoms with Crippen LogP contribution in [-0.2, 0) is 28.9 Å². The van der Waals surface area contributed by atoms with Gasteiger partial charge in [0.25, 0.3) is 0 Å². The molecular formula is C23H22N6O4S. The Kier molecular flexibility index (Phi) is 7.29. The maximum Gasteiger partial charge on any atom is 0.407 e. The largest absolute Gasteiger partial charge is 0.449 e. The van der Waals surface area contributed by atoms with Crippen LogP contribution in [0.5, 0.6) is 0 Å². The number of aromatic nitrogens is 3. The number of nitrogens with zero attached hydrogens (tertiary/aromatic N) is 4. The van der Waals surface area contributed by atoms with Crippen molar-refractivity contribution in [3.63, 3.8) is 0 Å². The van der Waals surface area contributed by atoms with E-state index in [2.05, 4.69) is 31.9 Å². The number of nitriles is 1. The summed E-state index contributed by atoms with van der Waals surface area (Å²) in [6.45, 7) is 2.02. The van der Waals surface area contributed by atoms with E-state index >= 15 is 0 Å². The first-order valence-corrected chi connectivity index (χ1v) is 11.5. The number of anilines is 1. The van der Waals surface area contributed by atoms with Gasteiger partial charge in [-0.05, 0) is 48.4 Å². The molecule has 4 rings (SSSR count). The van der Waals surface area contributed by atoms with Gasteiger partial charge in [-0.1, -0.05) is 6.07 Å². The van der Waals surface area contributed by atoms with Gasteiger partial charge in [0.2, 0.25) is 17.7 Å². The number of hydrogen-bond donors (Lipinski definition) is 2. The Hall–Kier alpha value is -4.04. The van der Waals surface area contributed by atoms with E-state index in [0.29, 0.717) is 35.2 Å². The van der Waals surface area contributed by atoms with Crippen molar-refractivity contribution in [2.45, 2.75) is 32.7 Å². The van der Waals surface area contributed by atoms with Crippen LogP contribution in [0.1, 0.15) is 39.8 Å². The van der Waals surface area contributed by atoms with Crippen LogP contribution < -0.4 is 10.6 Å². The summed E-state index contributed by atoms with van der Waals surface area (Å²) in [7, 11) is 0. The van der Waals surface area contributed by atoms with Crippen LogP contribution in [0.2, 0.25) is 0 Å². The topological polar surface area (TPSA) is 143 Å². The molecule has 10 nitrogen and oxygen atoms in total. The maximum absolute atomic E-state index is 12.4. The lowest BCUT2D eigenvalue weighted by Crippen LogP contribution is -2.27. The fourth-order valence-electron chi connectivity index (χ4n) is 3.60. The van der Waals surface area contributed by atoms with Crippen LogP contribution in [-0.4, -0.2) is 33.8 Å². The third kappa shape index (κ3) is 5.85. The van der Waals surface area contributed by atoms with Crippen molar-refractivity contribution >= 4 is 34.4 Å². The van der Waals surface area contributed by atoms with Gasteiger partial charge >= 0.3 is 6.09 Å². The fourth-order valence-corrected chi connectivity index (χ4v) is 4.92. The highest BCUT2D eigenvalue weighted by Crippen LogP contribution is 2.39. The number of fused-ring (bicyclic) bond motifs is 1. The number of pyridine rings is 1. The average Bonchev–Trinajstić information content (AvgIpc) is 3.42. The molecule has 2 amide bonds. The number of carbonyl (C=O) groups is 2. The summed E-state index contributed by atoms with van der Waals surface area (Å²) < 4.78 is 10.5. The van der Waals surface area contributed by atoms with E-state index in [1.807, 2.05) is 6.07 Å². The Balaban J connectivity index is 1.31. The number of aryl methyl sites for hydroxylation is 1. The Labute approximate surface area is 199 Å². The number of carbonyl (C=O) groups excluding carboxylic acids is 2. The zero-order chi connectivity index (χ0) is 23.9. The molecule has 3 aromatic heterocycles. The van der Waals surface area contributed by atoms with Gasteiger partial charge in [-0.3, -0.25) is 9.78 Å². The molecule has 0 spiro atoms. The molecule has 0 aliphatic heterocycles. The monoisotopic (exact) mass is 478 g/mol. The number of amides is 2. The van der Waals surface area contributed by atoms with Gasteiger partial charge in [0.1, 0.15) is 11.1 Å². The smallest absolute Gasteiger partial charge is 0.407 e. The molecule has 1 aliphatic rings. The highest BCUT2D eigenvalue weighted by atomic mass is 32.1. The van der Waals surface area contributed by atoms with Crippen molar-refractivity contribution in [1.29, 1.82) is 5.26 Å². The summed E-state index contributed by atoms with van der Waals surface area (Å²) in [6.07, 6.45) is 7.99. The first-order valence-electron chi connectivity index (χ1n) is 10.6. The van der Waals surface area contributed by atoms with E-state index in [1.54, 1.807) is 31.5 Å². The van der Waals surface area contributed by atoms with E-state index in [1.165, 1.54) is 17.4 Å². The van der Waals surface area contributed by atoms with E-state index in [9.17, 15) is 14.9 Å². The number of rotatable bonds is 7. The summed E-state index contributed by atoms with van der Waals surface area (Å²) in [5, 5.41) is 23.1. The molecule has 1 aliphatic carbocycles. The summed E-state index contributed by atoms with van der Waals surface area (Å²) in [5.74, 6) is 0.551. The van der Waals surface area contributed by atoms with E-state index < -0.39 is 6.09 Å². The predicted octanol–water partition coefficient (Wildman–Crippen LogP) is 3.39. The number of alkyl carbamates (subject to hydrolysis) is 1. The molecule has 34 heavy (non-hydrogen) atoms. The molecule has 0 saturated carbocycles. The van der Waals surface area contributed by atoms with Gasteiger partial charge in [-0.2, -0.15) is 5.26 Å². The highest BCUT2D eigenvalue weighted by molar-refractivity contribution is 7.16. The molecule has 3 heterocycles. The Morgan fingerprint density at radius 3 is 3.03 bits per heavy atom. The van der Waals surface area contributed by atoms with Crippen molar-refractivity contribution in [2.75, 3.05) is 11.9 Å². The molecule has 1 unspecified atom stereocenters.